The summed E-state index contributed by atoms with van der Waals surface area (Å²) in [5.74, 6) is 1.22. The largest absolute Gasteiger partial charge is 0.490 e. The molecular weight excluding hydrogens is 306 g/mol. The zero-order valence-corrected chi connectivity index (χ0v) is 14.4. The Labute approximate surface area is 142 Å². The lowest BCUT2D eigenvalue weighted by molar-refractivity contribution is -0.0344. The van der Waals surface area contributed by atoms with Gasteiger partial charge in [0.15, 0.2) is 5.82 Å². The average molecular weight is 329 g/mol. The van der Waals surface area contributed by atoms with Crippen molar-refractivity contribution in [1.29, 1.82) is 0 Å². The molecule has 6 heteroatoms. The molecule has 1 aromatic carbocycles. The summed E-state index contributed by atoms with van der Waals surface area (Å²) in [7, 11) is 3.50. The first-order valence-corrected chi connectivity index (χ1v) is 8.05. The van der Waals surface area contributed by atoms with Crippen molar-refractivity contribution in [3.8, 4) is 5.75 Å². The summed E-state index contributed by atoms with van der Waals surface area (Å²) >= 11 is 0. The summed E-state index contributed by atoms with van der Waals surface area (Å²) in [6.07, 6.45) is 4.15. The normalized spacial score (nSPS) is 20.4. The highest BCUT2D eigenvalue weighted by Crippen LogP contribution is 2.28. The summed E-state index contributed by atoms with van der Waals surface area (Å²) in [5.41, 5.74) is 0.603. The SMILES string of the molecule is CO[C@@]1(COc2ccccc2C)CCN(C(=O)c2nccn2C)C1. The van der Waals surface area contributed by atoms with Gasteiger partial charge < -0.3 is 18.9 Å². The predicted octanol–water partition coefficient (Wildman–Crippen LogP) is 2.04. The number of likely N-dealkylation sites (tertiary alicyclic amines) is 1. The number of hydrogen-bond acceptors (Lipinski definition) is 4. The molecule has 1 aliphatic heterocycles. The minimum atomic E-state index is -0.483. The number of amides is 1. The fourth-order valence-corrected chi connectivity index (χ4v) is 3.00. The Bertz CT molecular complexity index is 728. The van der Waals surface area contributed by atoms with Gasteiger partial charge >= 0.3 is 0 Å². The van der Waals surface area contributed by atoms with Crippen LogP contribution in [-0.4, -0.2) is 52.8 Å². The molecule has 0 radical (unpaired) electrons. The third-order valence-electron chi connectivity index (χ3n) is 4.63. The van der Waals surface area contributed by atoms with Crippen LogP contribution < -0.4 is 4.74 Å². The second-order valence-corrected chi connectivity index (χ2v) is 6.28. The van der Waals surface area contributed by atoms with Crippen molar-refractivity contribution in [1.82, 2.24) is 14.5 Å². The number of hydrogen-bond donors (Lipinski definition) is 0. The van der Waals surface area contributed by atoms with Gasteiger partial charge in [0.2, 0.25) is 0 Å². The molecule has 6 nitrogen and oxygen atoms in total. The molecule has 0 bridgehead atoms. The smallest absolute Gasteiger partial charge is 0.289 e. The van der Waals surface area contributed by atoms with E-state index in [4.69, 9.17) is 9.47 Å². The van der Waals surface area contributed by atoms with Crippen LogP contribution in [0.4, 0.5) is 0 Å². The number of imidazole rings is 1. The molecular formula is C18H23N3O3. The van der Waals surface area contributed by atoms with E-state index >= 15 is 0 Å². The van der Waals surface area contributed by atoms with Crippen molar-refractivity contribution in [2.24, 2.45) is 7.05 Å². The van der Waals surface area contributed by atoms with Crippen LogP contribution in [0.3, 0.4) is 0 Å². The van der Waals surface area contributed by atoms with Crippen LogP contribution in [0.5, 0.6) is 5.75 Å². The zero-order chi connectivity index (χ0) is 17.2. The molecule has 128 valence electrons. The Hall–Kier alpha value is -2.34. The molecule has 1 atom stereocenters. The van der Waals surface area contributed by atoms with Gasteiger partial charge in [0.25, 0.3) is 5.91 Å². The van der Waals surface area contributed by atoms with Gasteiger partial charge in [-0.1, -0.05) is 18.2 Å². The maximum Gasteiger partial charge on any atom is 0.289 e. The van der Waals surface area contributed by atoms with Gasteiger partial charge in [0.05, 0.1) is 6.54 Å². The van der Waals surface area contributed by atoms with Gasteiger partial charge in [-0.25, -0.2) is 4.98 Å². The number of rotatable bonds is 5. The lowest BCUT2D eigenvalue weighted by Gasteiger charge is -2.28. The van der Waals surface area contributed by atoms with E-state index in [0.717, 1.165) is 17.7 Å². The third-order valence-corrected chi connectivity index (χ3v) is 4.63. The van der Waals surface area contributed by atoms with Gasteiger partial charge in [-0.15, -0.1) is 0 Å². The van der Waals surface area contributed by atoms with Crippen LogP contribution in [0.2, 0.25) is 0 Å². The molecule has 0 aliphatic carbocycles. The standard InChI is InChI=1S/C18H23N3O3/c1-14-6-4-5-7-15(14)24-13-18(23-3)8-10-21(12-18)17(22)16-19-9-11-20(16)2/h4-7,9,11H,8,10,12-13H2,1-3H3/t18-/m0/s1. The van der Waals surface area contributed by atoms with Gasteiger partial charge in [0.1, 0.15) is 18.0 Å². The van der Waals surface area contributed by atoms with E-state index in [2.05, 4.69) is 4.98 Å². The number of nitrogens with zero attached hydrogens (tertiary/aromatic N) is 3. The molecule has 1 aliphatic rings. The molecule has 0 saturated carbocycles. The zero-order valence-electron chi connectivity index (χ0n) is 14.4. The molecule has 24 heavy (non-hydrogen) atoms. The number of aromatic nitrogens is 2. The van der Waals surface area contributed by atoms with Crippen LogP contribution in [0.25, 0.3) is 0 Å². The minimum Gasteiger partial charge on any atom is -0.490 e. The van der Waals surface area contributed by atoms with Crippen LogP contribution in [0.15, 0.2) is 36.7 Å². The quantitative estimate of drug-likeness (QED) is 0.842. The predicted molar refractivity (Wildman–Crippen MR) is 90.1 cm³/mol. The summed E-state index contributed by atoms with van der Waals surface area (Å²) in [6, 6.07) is 7.90. The highest BCUT2D eigenvalue weighted by atomic mass is 16.5. The maximum atomic E-state index is 12.6. The Morgan fingerprint density at radius 1 is 1.38 bits per heavy atom. The molecule has 0 unspecified atom stereocenters. The third kappa shape index (κ3) is 3.14. The highest BCUT2D eigenvalue weighted by Gasteiger charge is 2.42. The first-order valence-electron chi connectivity index (χ1n) is 8.05. The first-order chi connectivity index (χ1) is 11.5. The van der Waals surface area contributed by atoms with E-state index in [-0.39, 0.29) is 5.91 Å². The summed E-state index contributed by atoms with van der Waals surface area (Å²) < 4.78 is 13.5. The van der Waals surface area contributed by atoms with Crippen LogP contribution >= 0.6 is 0 Å². The van der Waals surface area contributed by atoms with E-state index in [0.29, 0.717) is 25.5 Å². The molecule has 2 aromatic rings. The summed E-state index contributed by atoms with van der Waals surface area (Å²) in [4.78, 5) is 18.5. The number of aryl methyl sites for hydroxylation is 2. The van der Waals surface area contributed by atoms with Crippen molar-refractivity contribution >= 4 is 5.91 Å². The van der Waals surface area contributed by atoms with Crippen molar-refractivity contribution < 1.29 is 14.3 Å². The van der Waals surface area contributed by atoms with E-state index < -0.39 is 5.60 Å². The topological polar surface area (TPSA) is 56.6 Å². The minimum absolute atomic E-state index is 0.0719. The maximum absolute atomic E-state index is 12.6. The molecule has 0 N–H and O–H groups in total. The van der Waals surface area contributed by atoms with Gasteiger partial charge in [0, 0.05) is 33.1 Å². The number of carbonyl (C=O) groups excluding carboxylic acids is 1. The number of carbonyl (C=O) groups is 1. The Morgan fingerprint density at radius 3 is 2.83 bits per heavy atom. The fraction of sp³-hybridized carbons (Fsp3) is 0.444. The van der Waals surface area contributed by atoms with Crippen molar-refractivity contribution in [2.75, 3.05) is 26.8 Å². The lowest BCUT2D eigenvalue weighted by Crippen LogP contribution is -2.42. The Balaban J connectivity index is 1.68. The van der Waals surface area contributed by atoms with E-state index in [1.54, 1.807) is 29.0 Å². The highest BCUT2D eigenvalue weighted by molar-refractivity contribution is 5.91. The number of benzene rings is 1. The Kier molecular flexibility index (Phi) is 4.57. The monoisotopic (exact) mass is 329 g/mol. The van der Waals surface area contributed by atoms with Gasteiger partial charge in [-0.2, -0.15) is 0 Å². The van der Waals surface area contributed by atoms with E-state index in [9.17, 15) is 4.79 Å². The van der Waals surface area contributed by atoms with Crippen LogP contribution in [0.1, 0.15) is 22.6 Å². The number of ether oxygens (including phenoxy) is 2. The van der Waals surface area contributed by atoms with E-state index in [1.807, 2.05) is 38.2 Å². The summed E-state index contributed by atoms with van der Waals surface area (Å²) in [6.45, 7) is 3.57. The molecule has 3 rings (SSSR count). The molecule has 1 aromatic heterocycles. The average Bonchev–Trinajstić information content (AvgIpc) is 3.21. The number of para-hydroxylation sites is 1. The lowest BCUT2D eigenvalue weighted by atomic mass is 10.0. The van der Waals surface area contributed by atoms with Gasteiger partial charge in [-0.05, 0) is 25.0 Å². The molecule has 1 amide bonds. The molecule has 1 fully saturated rings. The second-order valence-electron chi connectivity index (χ2n) is 6.28. The van der Waals surface area contributed by atoms with Crippen molar-refractivity contribution in [3.63, 3.8) is 0 Å². The second kappa shape index (κ2) is 6.65. The summed E-state index contributed by atoms with van der Waals surface area (Å²) in [5, 5.41) is 0. The van der Waals surface area contributed by atoms with Gasteiger partial charge in [-0.3, -0.25) is 4.79 Å². The van der Waals surface area contributed by atoms with Crippen molar-refractivity contribution in [2.45, 2.75) is 18.9 Å². The molecule has 2 heterocycles. The molecule has 1 saturated heterocycles. The van der Waals surface area contributed by atoms with Crippen LogP contribution in [0, 0.1) is 6.92 Å². The Morgan fingerprint density at radius 2 is 2.17 bits per heavy atom. The number of methoxy groups -OCH3 is 1. The van der Waals surface area contributed by atoms with E-state index in [1.165, 1.54) is 0 Å². The van der Waals surface area contributed by atoms with Crippen LogP contribution in [-0.2, 0) is 11.8 Å². The first kappa shape index (κ1) is 16.5. The fourth-order valence-electron chi connectivity index (χ4n) is 3.00. The van der Waals surface area contributed by atoms with Crippen molar-refractivity contribution in [3.05, 3.63) is 48.0 Å². The molecule has 0 spiro atoms.